The monoisotopic (exact) mass is 380 g/mol. The number of carbonyl (C=O) groups is 1. The van der Waals surface area contributed by atoms with Crippen LogP contribution in [0.1, 0.15) is 35.7 Å². The second kappa shape index (κ2) is 8.51. The Labute approximate surface area is 164 Å². The van der Waals surface area contributed by atoms with Crippen LogP contribution in [-0.2, 0) is 0 Å². The molecule has 0 atom stereocenters. The molecule has 146 valence electrons. The summed E-state index contributed by atoms with van der Waals surface area (Å²) in [4.78, 5) is 23.4. The fourth-order valence-corrected chi connectivity index (χ4v) is 2.80. The smallest absolute Gasteiger partial charge is 0.260 e. The molecule has 2 aromatic heterocycles. The molecule has 0 bridgehead atoms. The van der Waals surface area contributed by atoms with Crippen molar-refractivity contribution in [1.29, 1.82) is 0 Å². The van der Waals surface area contributed by atoms with Gasteiger partial charge in [-0.3, -0.25) is 4.79 Å². The number of hydrogen-bond donors (Lipinski definition) is 2. The molecule has 2 heterocycles. The summed E-state index contributed by atoms with van der Waals surface area (Å²) in [6.07, 6.45) is 1.41. The fourth-order valence-electron chi connectivity index (χ4n) is 2.80. The van der Waals surface area contributed by atoms with Crippen LogP contribution in [-0.4, -0.2) is 34.1 Å². The number of aryl methyl sites for hydroxylation is 2. The summed E-state index contributed by atoms with van der Waals surface area (Å²) < 4.78 is 4.92. The summed E-state index contributed by atoms with van der Waals surface area (Å²) in [5.74, 6) is 1.66. The molecule has 8 heteroatoms. The zero-order valence-electron chi connectivity index (χ0n) is 16.5. The lowest BCUT2D eigenvalue weighted by Gasteiger charge is -2.20. The van der Waals surface area contributed by atoms with E-state index in [1.807, 2.05) is 37.3 Å². The van der Waals surface area contributed by atoms with Gasteiger partial charge in [0.2, 0.25) is 5.95 Å². The van der Waals surface area contributed by atoms with Gasteiger partial charge in [0.05, 0.1) is 6.20 Å². The first-order chi connectivity index (χ1) is 13.5. The second-order valence-corrected chi connectivity index (χ2v) is 6.32. The van der Waals surface area contributed by atoms with Gasteiger partial charge >= 0.3 is 0 Å². The Balaban J connectivity index is 1.71. The van der Waals surface area contributed by atoms with Gasteiger partial charge in [-0.25, -0.2) is 4.98 Å². The highest BCUT2D eigenvalue weighted by Crippen LogP contribution is 2.20. The fraction of sp³-hybridized carbons (Fsp3) is 0.300. The van der Waals surface area contributed by atoms with Crippen molar-refractivity contribution in [3.8, 4) is 0 Å². The molecular weight excluding hydrogens is 356 g/mol. The van der Waals surface area contributed by atoms with Crippen molar-refractivity contribution in [2.24, 2.45) is 0 Å². The number of nitrogens with one attached hydrogen (secondary N) is 2. The maximum Gasteiger partial charge on any atom is 0.260 e. The first-order valence-electron chi connectivity index (χ1n) is 9.20. The van der Waals surface area contributed by atoms with Crippen molar-refractivity contribution in [2.45, 2.75) is 27.7 Å². The van der Waals surface area contributed by atoms with E-state index in [1.165, 1.54) is 6.20 Å². The van der Waals surface area contributed by atoms with Crippen molar-refractivity contribution >= 4 is 29.0 Å². The maximum atomic E-state index is 12.2. The van der Waals surface area contributed by atoms with Gasteiger partial charge in [-0.05, 0) is 52.0 Å². The molecule has 0 unspecified atom stereocenters. The zero-order chi connectivity index (χ0) is 20.1. The number of benzene rings is 1. The molecule has 0 aliphatic rings. The number of amides is 1. The lowest BCUT2D eigenvalue weighted by molar-refractivity contribution is 0.102. The SMILES string of the molecule is CCN(CC)c1cc(C)nc(Nc2ccc(NC(=O)c3cnoc3C)cc2)n1. The highest BCUT2D eigenvalue weighted by molar-refractivity contribution is 6.04. The molecule has 3 aromatic rings. The van der Waals surface area contributed by atoms with Gasteiger partial charge in [-0.15, -0.1) is 0 Å². The third-order valence-electron chi connectivity index (χ3n) is 4.32. The van der Waals surface area contributed by atoms with E-state index in [0.29, 0.717) is 23.0 Å². The lowest BCUT2D eigenvalue weighted by atomic mass is 10.2. The van der Waals surface area contributed by atoms with Gasteiger partial charge in [-0.1, -0.05) is 5.16 Å². The summed E-state index contributed by atoms with van der Waals surface area (Å²) in [6.45, 7) is 9.61. The van der Waals surface area contributed by atoms with Gasteiger partial charge in [0, 0.05) is 36.2 Å². The third-order valence-corrected chi connectivity index (χ3v) is 4.32. The van der Waals surface area contributed by atoms with Crippen molar-refractivity contribution < 1.29 is 9.32 Å². The maximum absolute atomic E-state index is 12.2. The van der Waals surface area contributed by atoms with Crippen molar-refractivity contribution in [3.05, 3.63) is 53.5 Å². The lowest BCUT2D eigenvalue weighted by Crippen LogP contribution is -2.23. The van der Waals surface area contributed by atoms with Crippen LogP contribution in [0, 0.1) is 13.8 Å². The topological polar surface area (TPSA) is 96.2 Å². The average molecular weight is 380 g/mol. The van der Waals surface area contributed by atoms with Gasteiger partial charge in [0.15, 0.2) is 0 Å². The Morgan fingerprint density at radius 3 is 2.36 bits per heavy atom. The molecule has 0 saturated carbocycles. The Morgan fingerprint density at radius 1 is 1.07 bits per heavy atom. The number of carbonyl (C=O) groups excluding carboxylic acids is 1. The number of nitrogens with zero attached hydrogens (tertiary/aromatic N) is 4. The summed E-state index contributed by atoms with van der Waals surface area (Å²) in [6, 6.07) is 9.32. The number of rotatable bonds is 7. The minimum atomic E-state index is -0.259. The Morgan fingerprint density at radius 2 is 1.75 bits per heavy atom. The van der Waals surface area contributed by atoms with E-state index < -0.39 is 0 Å². The van der Waals surface area contributed by atoms with Crippen LogP contribution in [0.2, 0.25) is 0 Å². The van der Waals surface area contributed by atoms with E-state index in [-0.39, 0.29) is 5.91 Å². The van der Waals surface area contributed by atoms with Crippen LogP contribution in [0.15, 0.2) is 41.1 Å². The Kier molecular flexibility index (Phi) is 5.88. The molecule has 0 spiro atoms. The molecule has 0 radical (unpaired) electrons. The van der Waals surface area contributed by atoms with Gasteiger partial charge in [0.25, 0.3) is 5.91 Å². The van der Waals surface area contributed by atoms with Crippen molar-refractivity contribution in [3.63, 3.8) is 0 Å². The molecule has 1 amide bonds. The molecular formula is C20H24N6O2. The minimum Gasteiger partial charge on any atom is -0.361 e. The summed E-state index contributed by atoms with van der Waals surface area (Å²) >= 11 is 0. The standard InChI is InChI=1S/C20H24N6O2/c1-5-26(6-2)18-11-13(3)22-20(25-18)24-16-9-7-15(8-10-16)23-19(27)17-12-21-28-14(17)4/h7-12H,5-6H2,1-4H3,(H,23,27)(H,22,24,25). The Bertz CT molecular complexity index is 948. The molecule has 1 aromatic carbocycles. The van der Waals surface area contributed by atoms with Crippen molar-refractivity contribution in [1.82, 2.24) is 15.1 Å². The summed E-state index contributed by atoms with van der Waals surface area (Å²) in [7, 11) is 0. The predicted octanol–water partition coefficient (Wildman–Crippen LogP) is 3.92. The molecule has 0 fully saturated rings. The molecule has 0 aliphatic heterocycles. The predicted molar refractivity (Wildman–Crippen MR) is 109 cm³/mol. The average Bonchev–Trinajstić information content (AvgIpc) is 3.10. The molecule has 8 nitrogen and oxygen atoms in total. The quantitative estimate of drug-likeness (QED) is 0.641. The highest BCUT2D eigenvalue weighted by atomic mass is 16.5. The van der Waals surface area contributed by atoms with Crippen LogP contribution < -0.4 is 15.5 Å². The first kappa shape index (κ1) is 19.3. The number of anilines is 4. The van der Waals surface area contributed by atoms with E-state index in [1.54, 1.807) is 6.92 Å². The van der Waals surface area contributed by atoms with Crippen molar-refractivity contribution in [2.75, 3.05) is 28.6 Å². The second-order valence-electron chi connectivity index (χ2n) is 6.32. The largest absolute Gasteiger partial charge is 0.361 e. The summed E-state index contributed by atoms with van der Waals surface area (Å²) in [5, 5.41) is 9.66. The van der Waals surface area contributed by atoms with Gasteiger partial charge in [0.1, 0.15) is 17.1 Å². The van der Waals surface area contributed by atoms with Crippen LogP contribution >= 0.6 is 0 Å². The molecule has 0 aliphatic carbocycles. The van der Waals surface area contributed by atoms with Gasteiger partial charge < -0.3 is 20.1 Å². The van der Waals surface area contributed by atoms with Crippen LogP contribution in [0.4, 0.5) is 23.1 Å². The minimum absolute atomic E-state index is 0.259. The van der Waals surface area contributed by atoms with Crippen LogP contribution in [0.5, 0.6) is 0 Å². The number of hydrogen-bond acceptors (Lipinski definition) is 7. The Hall–Kier alpha value is -3.42. The first-order valence-corrected chi connectivity index (χ1v) is 9.20. The molecule has 0 saturated heterocycles. The highest BCUT2D eigenvalue weighted by Gasteiger charge is 2.13. The normalized spacial score (nSPS) is 10.6. The number of aromatic nitrogens is 3. The van der Waals surface area contributed by atoms with Gasteiger partial charge in [-0.2, -0.15) is 4.98 Å². The van der Waals surface area contributed by atoms with E-state index in [9.17, 15) is 4.79 Å². The zero-order valence-corrected chi connectivity index (χ0v) is 16.5. The van der Waals surface area contributed by atoms with E-state index in [2.05, 4.69) is 44.5 Å². The van der Waals surface area contributed by atoms with E-state index in [4.69, 9.17) is 4.52 Å². The van der Waals surface area contributed by atoms with Crippen LogP contribution in [0.25, 0.3) is 0 Å². The molecule has 3 rings (SSSR count). The van der Waals surface area contributed by atoms with E-state index in [0.717, 1.165) is 30.3 Å². The van der Waals surface area contributed by atoms with Crippen LogP contribution in [0.3, 0.4) is 0 Å². The van der Waals surface area contributed by atoms with E-state index >= 15 is 0 Å². The third kappa shape index (κ3) is 4.46. The molecule has 2 N–H and O–H groups in total. The molecule has 28 heavy (non-hydrogen) atoms. The summed E-state index contributed by atoms with van der Waals surface area (Å²) in [5.41, 5.74) is 2.81.